The van der Waals surface area contributed by atoms with Gasteiger partial charge < -0.3 is 0 Å². The van der Waals surface area contributed by atoms with Crippen molar-refractivity contribution in [1.82, 2.24) is 10.5 Å². The molecule has 1 heterocycles. The molecule has 1 aliphatic carbocycles. The molecule has 0 saturated carbocycles. The number of carbonyl (C=O) groups is 1. The lowest BCUT2D eigenvalue weighted by Crippen LogP contribution is -2.20. The number of pyridine rings is 1. The maximum Gasteiger partial charge on any atom is 0.276 e. The van der Waals surface area contributed by atoms with E-state index in [-0.39, 0.29) is 0 Å². The minimum atomic E-state index is -0.524. The molecule has 1 aliphatic rings. The van der Waals surface area contributed by atoms with Crippen LogP contribution in [0.4, 0.5) is 0 Å². The van der Waals surface area contributed by atoms with Crippen molar-refractivity contribution in [2.24, 2.45) is 5.92 Å². The van der Waals surface area contributed by atoms with Gasteiger partial charge >= 0.3 is 0 Å². The molecule has 4 nitrogen and oxygen atoms in total. The molecule has 1 aromatic heterocycles. The van der Waals surface area contributed by atoms with Crippen molar-refractivity contribution in [3.63, 3.8) is 0 Å². The Balaban J connectivity index is 1.89. The van der Waals surface area contributed by atoms with Gasteiger partial charge in [0.1, 0.15) is 0 Å². The Morgan fingerprint density at radius 3 is 2.83 bits per heavy atom. The van der Waals surface area contributed by atoms with E-state index >= 15 is 0 Å². The molecular weight excluding hydrogens is 300 g/mol. The van der Waals surface area contributed by atoms with Crippen LogP contribution >= 0.6 is 0 Å². The van der Waals surface area contributed by atoms with Crippen LogP contribution in [0.15, 0.2) is 42.5 Å². The van der Waals surface area contributed by atoms with Crippen molar-refractivity contribution in [3.05, 3.63) is 64.9 Å². The molecule has 1 amide bonds. The number of rotatable bonds is 4. The lowest BCUT2D eigenvalue weighted by atomic mass is 9.92. The van der Waals surface area contributed by atoms with Gasteiger partial charge in [-0.25, -0.2) is 5.48 Å². The van der Waals surface area contributed by atoms with Crippen molar-refractivity contribution in [2.45, 2.75) is 33.1 Å². The fourth-order valence-electron chi connectivity index (χ4n) is 3.27. The van der Waals surface area contributed by atoms with Gasteiger partial charge in [0, 0.05) is 5.39 Å². The Labute approximate surface area is 141 Å². The molecule has 24 heavy (non-hydrogen) atoms. The SMILES string of the molecule is Cc1nc2c(C)cc(CCC3C=CC=CC3)cc2cc1C(=O)NO. The van der Waals surface area contributed by atoms with Crippen LogP contribution in [0.5, 0.6) is 0 Å². The highest BCUT2D eigenvalue weighted by Crippen LogP contribution is 2.24. The van der Waals surface area contributed by atoms with Gasteiger partial charge in [0.05, 0.1) is 16.8 Å². The first-order chi connectivity index (χ1) is 11.6. The molecule has 0 aliphatic heterocycles. The van der Waals surface area contributed by atoms with Crippen molar-refractivity contribution in [2.75, 3.05) is 0 Å². The fourth-order valence-corrected chi connectivity index (χ4v) is 3.27. The molecule has 0 saturated heterocycles. The van der Waals surface area contributed by atoms with Crippen LogP contribution in [0.1, 0.15) is 40.0 Å². The quantitative estimate of drug-likeness (QED) is 0.660. The molecule has 1 aromatic carbocycles. The zero-order valence-electron chi connectivity index (χ0n) is 14.0. The Morgan fingerprint density at radius 1 is 1.29 bits per heavy atom. The first kappa shape index (κ1) is 16.4. The third-order valence-corrected chi connectivity index (χ3v) is 4.58. The van der Waals surface area contributed by atoms with E-state index in [1.54, 1.807) is 12.4 Å². The highest BCUT2D eigenvalue weighted by atomic mass is 16.5. The lowest BCUT2D eigenvalue weighted by molar-refractivity contribution is 0.0705. The molecule has 0 spiro atoms. The zero-order chi connectivity index (χ0) is 17.1. The highest BCUT2D eigenvalue weighted by Gasteiger charge is 2.13. The van der Waals surface area contributed by atoms with Gasteiger partial charge in [-0.2, -0.15) is 0 Å². The largest absolute Gasteiger partial charge is 0.288 e. The van der Waals surface area contributed by atoms with Crippen LogP contribution in [0.3, 0.4) is 0 Å². The van der Waals surface area contributed by atoms with Crippen molar-refractivity contribution >= 4 is 16.8 Å². The van der Waals surface area contributed by atoms with Crippen LogP contribution in [0.2, 0.25) is 0 Å². The van der Waals surface area contributed by atoms with E-state index in [1.807, 2.05) is 13.0 Å². The second-order valence-corrected chi connectivity index (χ2v) is 6.39. The summed E-state index contributed by atoms with van der Waals surface area (Å²) < 4.78 is 0. The van der Waals surface area contributed by atoms with Crippen LogP contribution in [-0.2, 0) is 6.42 Å². The molecule has 3 rings (SSSR count). The Bertz CT molecular complexity index is 837. The zero-order valence-corrected chi connectivity index (χ0v) is 14.0. The summed E-state index contributed by atoms with van der Waals surface area (Å²) in [6.07, 6.45) is 11.9. The van der Waals surface area contributed by atoms with Crippen molar-refractivity contribution in [3.8, 4) is 0 Å². The van der Waals surface area contributed by atoms with Gasteiger partial charge in [-0.3, -0.25) is 15.0 Å². The second-order valence-electron chi connectivity index (χ2n) is 6.39. The third-order valence-electron chi connectivity index (χ3n) is 4.58. The van der Waals surface area contributed by atoms with E-state index in [0.717, 1.165) is 35.7 Å². The molecule has 1 atom stereocenters. The van der Waals surface area contributed by atoms with Crippen molar-refractivity contribution < 1.29 is 10.0 Å². The molecule has 4 heteroatoms. The predicted molar refractivity (Wildman–Crippen MR) is 95.2 cm³/mol. The Hall–Kier alpha value is -2.46. The smallest absolute Gasteiger partial charge is 0.276 e. The number of nitrogens with one attached hydrogen (secondary N) is 1. The maximum atomic E-state index is 11.8. The van der Waals surface area contributed by atoms with Crippen LogP contribution < -0.4 is 5.48 Å². The Morgan fingerprint density at radius 2 is 2.12 bits per heavy atom. The number of hydrogen-bond donors (Lipinski definition) is 2. The molecule has 0 radical (unpaired) electrons. The van der Waals surface area contributed by atoms with Crippen LogP contribution in [0, 0.1) is 19.8 Å². The van der Waals surface area contributed by atoms with E-state index in [9.17, 15) is 4.79 Å². The monoisotopic (exact) mass is 322 g/mol. The van der Waals surface area contributed by atoms with Crippen molar-refractivity contribution in [1.29, 1.82) is 0 Å². The summed E-state index contributed by atoms with van der Waals surface area (Å²) in [6, 6.07) is 6.09. The third kappa shape index (κ3) is 3.39. The summed E-state index contributed by atoms with van der Waals surface area (Å²) in [6.45, 7) is 3.83. The summed E-state index contributed by atoms with van der Waals surface area (Å²) >= 11 is 0. The number of aryl methyl sites for hydroxylation is 3. The number of hydrogen-bond acceptors (Lipinski definition) is 3. The first-order valence-electron chi connectivity index (χ1n) is 8.27. The minimum Gasteiger partial charge on any atom is -0.288 e. The van der Waals surface area contributed by atoms with Crippen LogP contribution in [0.25, 0.3) is 10.9 Å². The van der Waals surface area contributed by atoms with Gasteiger partial charge in [-0.05, 0) is 62.3 Å². The summed E-state index contributed by atoms with van der Waals surface area (Å²) in [7, 11) is 0. The molecule has 0 fully saturated rings. The normalized spacial score (nSPS) is 16.5. The highest BCUT2D eigenvalue weighted by molar-refractivity contribution is 5.98. The standard InChI is InChI=1S/C20H22N2O2/c1-13-10-16(9-8-15-6-4-3-5-7-15)11-17-12-18(20(23)22-24)14(2)21-19(13)17/h3-6,10-12,15,24H,7-9H2,1-2H3,(H,22,23). The maximum absolute atomic E-state index is 11.8. The van der Waals surface area contributed by atoms with Gasteiger partial charge in [-0.1, -0.05) is 30.4 Å². The topological polar surface area (TPSA) is 62.2 Å². The average Bonchev–Trinajstić information content (AvgIpc) is 2.60. The average molecular weight is 322 g/mol. The Kier molecular flexibility index (Phi) is 4.76. The number of aromatic nitrogens is 1. The van der Waals surface area contributed by atoms with Gasteiger partial charge in [0.15, 0.2) is 0 Å². The molecular formula is C20H22N2O2. The summed E-state index contributed by atoms with van der Waals surface area (Å²) in [5.41, 5.74) is 5.98. The van der Waals surface area contributed by atoms with Gasteiger partial charge in [-0.15, -0.1) is 0 Å². The van der Waals surface area contributed by atoms with E-state index in [1.165, 1.54) is 5.56 Å². The predicted octanol–water partition coefficient (Wildman–Crippen LogP) is 4.04. The van der Waals surface area contributed by atoms with Crippen LogP contribution in [-0.4, -0.2) is 16.1 Å². The fraction of sp³-hybridized carbons (Fsp3) is 0.300. The van der Waals surface area contributed by atoms with E-state index < -0.39 is 5.91 Å². The van der Waals surface area contributed by atoms with E-state index in [4.69, 9.17) is 5.21 Å². The lowest BCUT2D eigenvalue weighted by Gasteiger charge is -2.14. The molecule has 1 unspecified atom stereocenters. The number of carbonyl (C=O) groups excluding carboxylic acids is 1. The van der Waals surface area contributed by atoms with E-state index in [2.05, 4.69) is 41.4 Å². The summed E-state index contributed by atoms with van der Waals surface area (Å²) in [4.78, 5) is 16.3. The number of fused-ring (bicyclic) bond motifs is 1. The number of nitrogens with zero attached hydrogens (tertiary/aromatic N) is 1. The first-order valence-corrected chi connectivity index (χ1v) is 8.27. The van der Waals surface area contributed by atoms with E-state index in [0.29, 0.717) is 17.2 Å². The molecule has 2 aromatic rings. The molecule has 124 valence electrons. The number of amides is 1. The van der Waals surface area contributed by atoms with Gasteiger partial charge in [0.25, 0.3) is 5.91 Å². The number of benzene rings is 1. The number of allylic oxidation sites excluding steroid dienone is 4. The number of hydroxylamine groups is 1. The summed E-state index contributed by atoms with van der Waals surface area (Å²) in [5, 5.41) is 9.82. The minimum absolute atomic E-state index is 0.405. The van der Waals surface area contributed by atoms with Gasteiger partial charge in [0.2, 0.25) is 0 Å². The second kappa shape index (κ2) is 6.97. The summed E-state index contributed by atoms with van der Waals surface area (Å²) in [5.74, 6) is 0.0713. The molecule has 0 bridgehead atoms. The molecule has 2 N–H and O–H groups in total.